The molecule has 0 aliphatic heterocycles. The molecule has 0 bridgehead atoms. The number of primary sulfonamides is 1. The first-order chi connectivity index (χ1) is 9.82. The second kappa shape index (κ2) is 5.44. The first-order valence-corrected chi connectivity index (χ1v) is 7.56. The Balaban J connectivity index is 2.41. The molecule has 0 fully saturated rings. The Labute approximate surface area is 123 Å². The zero-order valence-electron chi connectivity index (χ0n) is 11.3. The lowest BCUT2D eigenvalue weighted by Crippen LogP contribution is -2.14. The molecule has 21 heavy (non-hydrogen) atoms. The van der Waals surface area contributed by atoms with E-state index < -0.39 is 10.0 Å². The number of aryl methyl sites for hydroxylation is 1. The Hall–Kier alpha value is -2.56. The predicted octanol–water partition coefficient (Wildman–Crippen LogP) is 1.84. The van der Waals surface area contributed by atoms with Gasteiger partial charge in [0.25, 0.3) is 0 Å². The highest BCUT2D eigenvalue weighted by Crippen LogP contribution is 2.26. The number of benzene rings is 2. The highest BCUT2D eigenvalue weighted by molar-refractivity contribution is 7.89. The molecule has 108 valence electrons. The second-order valence-corrected chi connectivity index (χ2v) is 6.06. The number of nitrogens with two attached hydrogens (primary N) is 2. The Bertz CT molecular complexity index is 839. The highest BCUT2D eigenvalue weighted by Gasteiger charge is 2.13. The van der Waals surface area contributed by atoms with Gasteiger partial charge >= 0.3 is 0 Å². The highest BCUT2D eigenvalue weighted by atomic mass is 32.2. The van der Waals surface area contributed by atoms with Crippen LogP contribution in [0.25, 0.3) is 0 Å². The van der Waals surface area contributed by atoms with Gasteiger partial charge in [0.2, 0.25) is 10.0 Å². The van der Waals surface area contributed by atoms with Crippen molar-refractivity contribution in [2.75, 3.05) is 11.1 Å². The molecule has 0 atom stereocenters. The number of nitriles is 1. The van der Waals surface area contributed by atoms with Crippen LogP contribution in [0.2, 0.25) is 0 Å². The van der Waals surface area contributed by atoms with Gasteiger partial charge in [-0.25, -0.2) is 13.6 Å². The van der Waals surface area contributed by atoms with Crippen LogP contribution in [-0.2, 0) is 10.0 Å². The minimum absolute atomic E-state index is 0.0497. The van der Waals surface area contributed by atoms with Crippen molar-refractivity contribution in [2.45, 2.75) is 11.8 Å². The fourth-order valence-electron chi connectivity index (χ4n) is 1.96. The zero-order valence-corrected chi connectivity index (χ0v) is 12.1. The fraction of sp³-hybridized carbons (Fsp3) is 0.0714. The summed E-state index contributed by atoms with van der Waals surface area (Å²) in [6.07, 6.45) is 0. The molecule has 2 rings (SSSR count). The van der Waals surface area contributed by atoms with Gasteiger partial charge in [0, 0.05) is 5.69 Å². The first kappa shape index (κ1) is 14.8. The number of nitrogens with one attached hydrogen (secondary N) is 1. The number of nitrogen functional groups attached to an aromatic ring is 1. The summed E-state index contributed by atoms with van der Waals surface area (Å²) in [7, 11) is -3.85. The topological polar surface area (TPSA) is 122 Å². The van der Waals surface area contributed by atoms with Crippen LogP contribution in [0.15, 0.2) is 41.3 Å². The maximum absolute atomic E-state index is 11.3. The van der Waals surface area contributed by atoms with E-state index in [1.807, 2.05) is 19.1 Å². The van der Waals surface area contributed by atoms with Gasteiger partial charge in [-0.05, 0) is 36.8 Å². The van der Waals surface area contributed by atoms with Crippen LogP contribution >= 0.6 is 0 Å². The molecule has 0 amide bonds. The number of nitrogens with zero attached hydrogens (tertiary/aromatic N) is 1. The van der Waals surface area contributed by atoms with Gasteiger partial charge in [0.1, 0.15) is 11.0 Å². The van der Waals surface area contributed by atoms with Crippen molar-refractivity contribution in [1.29, 1.82) is 5.26 Å². The van der Waals surface area contributed by atoms with Crippen molar-refractivity contribution >= 4 is 27.1 Å². The van der Waals surface area contributed by atoms with Crippen molar-refractivity contribution in [1.82, 2.24) is 0 Å². The van der Waals surface area contributed by atoms with Crippen molar-refractivity contribution in [3.63, 3.8) is 0 Å². The first-order valence-electron chi connectivity index (χ1n) is 6.02. The molecule has 0 heterocycles. The number of anilines is 3. The van der Waals surface area contributed by atoms with E-state index in [4.69, 9.17) is 10.9 Å². The van der Waals surface area contributed by atoms with Crippen molar-refractivity contribution in [3.05, 3.63) is 47.5 Å². The van der Waals surface area contributed by atoms with Gasteiger partial charge in [-0.1, -0.05) is 12.1 Å². The molecular weight excluding hydrogens is 288 g/mol. The molecule has 0 aliphatic rings. The molecule has 7 heteroatoms. The number of hydrogen-bond acceptors (Lipinski definition) is 5. The zero-order chi connectivity index (χ0) is 15.6. The monoisotopic (exact) mass is 302 g/mol. The molecule has 2 aromatic rings. The molecular formula is C14H14N4O2S. The molecule has 0 spiro atoms. The minimum Gasteiger partial charge on any atom is -0.398 e. The van der Waals surface area contributed by atoms with E-state index in [0.717, 1.165) is 5.56 Å². The van der Waals surface area contributed by atoms with Crippen LogP contribution in [0, 0.1) is 18.3 Å². The van der Waals surface area contributed by atoms with Crippen molar-refractivity contribution in [2.24, 2.45) is 5.14 Å². The van der Waals surface area contributed by atoms with Gasteiger partial charge in [-0.2, -0.15) is 5.26 Å². The van der Waals surface area contributed by atoms with Crippen molar-refractivity contribution in [3.8, 4) is 6.07 Å². The summed E-state index contributed by atoms with van der Waals surface area (Å²) in [5.41, 5.74) is 8.31. The molecule has 0 unspecified atom stereocenters. The second-order valence-electron chi connectivity index (χ2n) is 4.53. The van der Waals surface area contributed by atoms with Gasteiger partial charge in [0.05, 0.1) is 16.9 Å². The smallest absolute Gasteiger partial charge is 0.240 e. The maximum atomic E-state index is 11.3. The van der Waals surface area contributed by atoms with E-state index in [-0.39, 0.29) is 10.6 Å². The Morgan fingerprint density at radius 3 is 2.52 bits per heavy atom. The minimum atomic E-state index is -3.85. The molecule has 0 radical (unpaired) electrons. The van der Waals surface area contributed by atoms with Crippen molar-refractivity contribution < 1.29 is 8.42 Å². The summed E-state index contributed by atoms with van der Waals surface area (Å²) in [5, 5.41) is 17.3. The van der Waals surface area contributed by atoms with Gasteiger partial charge in [0.15, 0.2) is 0 Å². The summed E-state index contributed by atoms with van der Waals surface area (Å²) in [6, 6.07) is 11.9. The fourth-order valence-corrected chi connectivity index (χ4v) is 2.61. The summed E-state index contributed by atoms with van der Waals surface area (Å²) < 4.78 is 22.6. The van der Waals surface area contributed by atoms with E-state index >= 15 is 0 Å². The Morgan fingerprint density at radius 1 is 1.24 bits per heavy atom. The summed E-state index contributed by atoms with van der Waals surface area (Å²) in [5.74, 6) is 0. The number of sulfonamides is 1. The third-order valence-electron chi connectivity index (χ3n) is 2.98. The maximum Gasteiger partial charge on any atom is 0.240 e. The van der Waals surface area contributed by atoms with Crippen LogP contribution in [0.3, 0.4) is 0 Å². The van der Waals surface area contributed by atoms with E-state index in [9.17, 15) is 13.7 Å². The van der Waals surface area contributed by atoms with Crippen LogP contribution in [-0.4, -0.2) is 8.42 Å². The molecule has 0 saturated heterocycles. The lowest BCUT2D eigenvalue weighted by atomic mass is 10.1. The van der Waals surface area contributed by atoms with E-state index in [0.29, 0.717) is 16.9 Å². The normalized spacial score (nSPS) is 10.9. The summed E-state index contributed by atoms with van der Waals surface area (Å²) in [6.45, 7) is 1.84. The number of hydrogen-bond donors (Lipinski definition) is 3. The third kappa shape index (κ3) is 3.13. The molecule has 2 aromatic carbocycles. The Kier molecular flexibility index (Phi) is 3.84. The predicted molar refractivity (Wildman–Crippen MR) is 81.4 cm³/mol. The van der Waals surface area contributed by atoms with Crippen LogP contribution < -0.4 is 16.2 Å². The quantitative estimate of drug-likeness (QED) is 0.747. The number of rotatable bonds is 3. The Morgan fingerprint density at radius 2 is 1.95 bits per heavy atom. The average molecular weight is 302 g/mol. The summed E-state index contributed by atoms with van der Waals surface area (Å²) in [4.78, 5) is -0.127. The van der Waals surface area contributed by atoms with Gasteiger partial charge < -0.3 is 11.1 Å². The standard InChI is InChI=1S/C14H14N4O2S/c1-9-3-2-4-13(11(9)8-15)18-10-5-6-14(12(16)7-10)21(17,19)20/h2-7,18H,16H2,1H3,(H2,17,19,20). The lowest BCUT2D eigenvalue weighted by molar-refractivity contribution is 0.598. The third-order valence-corrected chi connectivity index (χ3v) is 3.96. The molecule has 0 aromatic heterocycles. The molecule has 5 N–H and O–H groups in total. The van der Waals surface area contributed by atoms with Crippen LogP contribution in [0.5, 0.6) is 0 Å². The molecule has 6 nitrogen and oxygen atoms in total. The largest absolute Gasteiger partial charge is 0.398 e. The van der Waals surface area contributed by atoms with E-state index in [2.05, 4.69) is 11.4 Å². The van der Waals surface area contributed by atoms with Crippen LogP contribution in [0.1, 0.15) is 11.1 Å². The van der Waals surface area contributed by atoms with Gasteiger partial charge in [-0.3, -0.25) is 0 Å². The summed E-state index contributed by atoms with van der Waals surface area (Å²) >= 11 is 0. The average Bonchev–Trinajstić information content (AvgIpc) is 2.37. The molecule has 0 aliphatic carbocycles. The van der Waals surface area contributed by atoms with E-state index in [1.165, 1.54) is 12.1 Å². The van der Waals surface area contributed by atoms with Crippen LogP contribution in [0.4, 0.5) is 17.1 Å². The van der Waals surface area contributed by atoms with Gasteiger partial charge in [-0.15, -0.1) is 0 Å². The van der Waals surface area contributed by atoms with E-state index in [1.54, 1.807) is 12.1 Å². The SMILES string of the molecule is Cc1cccc(Nc2ccc(S(N)(=O)=O)c(N)c2)c1C#N. The molecule has 0 saturated carbocycles. The lowest BCUT2D eigenvalue weighted by Gasteiger charge is -2.11.